The van der Waals surface area contributed by atoms with E-state index >= 15 is 0 Å². The molecule has 0 N–H and O–H groups in total. The second-order valence-electron chi connectivity index (χ2n) is 6.64. The maximum absolute atomic E-state index is 2.81. The van der Waals surface area contributed by atoms with Crippen molar-refractivity contribution in [2.24, 2.45) is 5.92 Å². The van der Waals surface area contributed by atoms with Crippen molar-refractivity contribution in [3.8, 4) is 0 Å². The highest BCUT2D eigenvalue weighted by Crippen LogP contribution is 2.32. The third-order valence-corrected chi connectivity index (χ3v) is 5.12. The summed E-state index contributed by atoms with van der Waals surface area (Å²) in [7, 11) is 0. The molecular weight excluding hydrogens is 218 g/mol. The molecule has 0 radical (unpaired) electrons. The van der Waals surface area contributed by atoms with Crippen LogP contribution < -0.4 is 0 Å². The van der Waals surface area contributed by atoms with Gasteiger partial charge >= 0.3 is 0 Å². The molecule has 18 heavy (non-hydrogen) atoms. The predicted molar refractivity (Wildman–Crippen MR) is 79.9 cm³/mol. The van der Waals surface area contributed by atoms with Crippen molar-refractivity contribution >= 4 is 0 Å². The lowest BCUT2D eigenvalue weighted by molar-refractivity contribution is 0.0616. The largest absolute Gasteiger partial charge is 0.300 e. The zero-order chi connectivity index (χ0) is 12.6. The minimum Gasteiger partial charge on any atom is -0.300 e. The van der Waals surface area contributed by atoms with Crippen molar-refractivity contribution in [2.45, 2.75) is 90.0 Å². The SMILES string of the molecule is CCCCCCCCCC1CCC2CCCN1C2. The van der Waals surface area contributed by atoms with Crippen LogP contribution in [-0.4, -0.2) is 24.0 Å². The Balaban J connectivity index is 1.51. The Labute approximate surface area is 114 Å². The maximum atomic E-state index is 2.81. The summed E-state index contributed by atoms with van der Waals surface area (Å²) in [5.41, 5.74) is 0. The van der Waals surface area contributed by atoms with E-state index in [2.05, 4.69) is 11.8 Å². The Morgan fingerprint density at radius 2 is 1.67 bits per heavy atom. The molecule has 2 bridgehead atoms. The van der Waals surface area contributed by atoms with Crippen molar-refractivity contribution < 1.29 is 0 Å². The van der Waals surface area contributed by atoms with Crippen LogP contribution in [0, 0.1) is 5.92 Å². The predicted octanol–water partition coefficient (Wildman–Crippen LogP) is 5.00. The van der Waals surface area contributed by atoms with E-state index in [9.17, 15) is 0 Å². The highest BCUT2D eigenvalue weighted by atomic mass is 15.2. The van der Waals surface area contributed by atoms with Crippen LogP contribution in [0.5, 0.6) is 0 Å². The molecule has 1 nitrogen and oxygen atoms in total. The van der Waals surface area contributed by atoms with Gasteiger partial charge in [0.25, 0.3) is 0 Å². The Hall–Kier alpha value is -0.0400. The first kappa shape index (κ1) is 14.4. The molecule has 0 saturated carbocycles. The fourth-order valence-electron chi connectivity index (χ4n) is 3.94. The second-order valence-corrected chi connectivity index (χ2v) is 6.64. The van der Waals surface area contributed by atoms with Crippen LogP contribution in [-0.2, 0) is 0 Å². The molecule has 0 aromatic heterocycles. The van der Waals surface area contributed by atoms with Crippen LogP contribution in [0.4, 0.5) is 0 Å². The van der Waals surface area contributed by atoms with Gasteiger partial charge in [-0.3, -0.25) is 0 Å². The number of hydrogen-bond acceptors (Lipinski definition) is 1. The number of rotatable bonds is 8. The van der Waals surface area contributed by atoms with Gasteiger partial charge < -0.3 is 4.90 Å². The zero-order valence-corrected chi connectivity index (χ0v) is 12.5. The van der Waals surface area contributed by atoms with E-state index in [0.29, 0.717) is 0 Å². The monoisotopic (exact) mass is 251 g/mol. The summed E-state index contributed by atoms with van der Waals surface area (Å²) in [4.78, 5) is 2.81. The van der Waals surface area contributed by atoms with Gasteiger partial charge in [-0.05, 0) is 44.6 Å². The third-order valence-electron chi connectivity index (χ3n) is 5.12. The highest BCUT2D eigenvalue weighted by Gasteiger charge is 2.30. The Morgan fingerprint density at radius 1 is 0.889 bits per heavy atom. The van der Waals surface area contributed by atoms with Gasteiger partial charge in [-0.2, -0.15) is 0 Å². The first-order chi connectivity index (χ1) is 8.90. The van der Waals surface area contributed by atoms with Crippen LogP contribution >= 0.6 is 0 Å². The van der Waals surface area contributed by atoms with Crippen LogP contribution in [0.15, 0.2) is 0 Å². The molecule has 2 heterocycles. The molecule has 1 heteroatoms. The molecule has 0 aromatic rings. The number of fused-ring (bicyclic) bond motifs is 2. The number of piperidine rings is 2. The quantitative estimate of drug-likeness (QED) is 0.549. The van der Waals surface area contributed by atoms with Crippen molar-refractivity contribution in [3.05, 3.63) is 0 Å². The highest BCUT2D eigenvalue weighted by molar-refractivity contribution is 4.85. The summed E-state index contributed by atoms with van der Waals surface area (Å²) in [5, 5.41) is 0. The van der Waals surface area contributed by atoms with Crippen molar-refractivity contribution in [3.63, 3.8) is 0 Å². The van der Waals surface area contributed by atoms with Crippen molar-refractivity contribution in [2.75, 3.05) is 13.1 Å². The van der Waals surface area contributed by atoms with E-state index in [1.807, 2.05) is 0 Å². The Bertz CT molecular complexity index is 214. The van der Waals surface area contributed by atoms with Gasteiger partial charge in [-0.1, -0.05) is 51.9 Å². The van der Waals surface area contributed by atoms with E-state index < -0.39 is 0 Å². The average molecular weight is 251 g/mol. The summed E-state index contributed by atoms with van der Waals surface area (Å²) in [5.74, 6) is 1.06. The van der Waals surface area contributed by atoms with E-state index in [1.54, 1.807) is 0 Å². The maximum Gasteiger partial charge on any atom is 0.00954 e. The molecule has 2 aliphatic rings. The molecule has 0 amide bonds. The van der Waals surface area contributed by atoms with Gasteiger partial charge in [-0.15, -0.1) is 0 Å². The first-order valence-corrected chi connectivity index (χ1v) is 8.64. The van der Waals surface area contributed by atoms with E-state index in [-0.39, 0.29) is 0 Å². The summed E-state index contributed by atoms with van der Waals surface area (Å²) in [6.45, 7) is 5.13. The summed E-state index contributed by atoms with van der Waals surface area (Å²) < 4.78 is 0. The number of hydrogen-bond donors (Lipinski definition) is 0. The summed E-state index contributed by atoms with van der Waals surface area (Å²) >= 11 is 0. The van der Waals surface area contributed by atoms with Crippen LogP contribution in [0.25, 0.3) is 0 Å². The normalized spacial score (nSPS) is 31.5. The lowest BCUT2D eigenvalue weighted by atomic mass is 9.84. The molecule has 3 atom stereocenters. The fourth-order valence-corrected chi connectivity index (χ4v) is 3.94. The van der Waals surface area contributed by atoms with E-state index in [0.717, 1.165) is 12.0 Å². The molecule has 106 valence electrons. The van der Waals surface area contributed by atoms with E-state index in [4.69, 9.17) is 0 Å². The Morgan fingerprint density at radius 3 is 2.50 bits per heavy atom. The summed E-state index contributed by atoms with van der Waals surface area (Å²) in [6, 6.07) is 0.956. The van der Waals surface area contributed by atoms with Gasteiger partial charge in [0.1, 0.15) is 0 Å². The minimum absolute atomic E-state index is 0.956. The summed E-state index contributed by atoms with van der Waals surface area (Å²) in [6.07, 6.45) is 17.7. The lowest BCUT2D eigenvalue weighted by Gasteiger charge is -2.43. The average Bonchev–Trinajstić information content (AvgIpc) is 2.40. The molecule has 2 saturated heterocycles. The van der Waals surface area contributed by atoms with Crippen LogP contribution in [0.3, 0.4) is 0 Å². The first-order valence-electron chi connectivity index (χ1n) is 8.64. The molecule has 0 aromatic carbocycles. The Kier molecular flexibility index (Phi) is 6.54. The second kappa shape index (κ2) is 8.19. The van der Waals surface area contributed by atoms with Gasteiger partial charge in [0.05, 0.1) is 0 Å². The van der Waals surface area contributed by atoms with Gasteiger partial charge in [0.15, 0.2) is 0 Å². The molecule has 2 rings (SSSR count). The molecule has 2 aliphatic heterocycles. The van der Waals surface area contributed by atoms with Crippen LogP contribution in [0.1, 0.15) is 84.0 Å². The molecule has 0 spiro atoms. The minimum atomic E-state index is 0.956. The van der Waals surface area contributed by atoms with Crippen molar-refractivity contribution in [1.29, 1.82) is 0 Å². The lowest BCUT2D eigenvalue weighted by Crippen LogP contribution is -2.46. The number of unbranched alkanes of at least 4 members (excludes halogenated alkanes) is 6. The molecular formula is C17H33N. The van der Waals surface area contributed by atoms with Gasteiger partial charge in [0.2, 0.25) is 0 Å². The third kappa shape index (κ3) is 4.57. The topological polar surface area (TPSA) is 3.24 Å². The fraction of sp³-hybridized carbons (Fsp3) is 1.00. The molecule has 2 fully saturated rings. The molecule has 0 aliphatic carbocycles. The zero-order valence-electron chi connectivity index (χ0n) is 12.5. The smallest absolute Gasteiger partial charge is 0.00954 e. The standard InChI is InChI=1S/C17H33N/c1-2-3-4-5-6-7-8-11-17-13-12-16-10-9-14-18(17)15-16/h16-17H,2-15H2,1H3. The van der Waals surface area contributed by atoms with Gasteiger partial charge in [-0.25, -0.2) is 0 Å². The number of nitrogens with zero attached hydrogens (tertiary/aromatic N) is 1. The van der Waals surface area contributed by atoms with Crippen LogP contribution in [0.2, 0.25) is 0 Å². The van der Waals surface area contributed by atoms with Gasteiger partial charge in [0, 0.05) is 12.6 Å². The van der Waals surface area contributed by atoms with Crippen molar-refractivity contribution in [1.82, 2.24) is 4.90 Å². The molecule has 3 unspecified atom stereocenters. The van der Waals surface area contributed by atoms with E-state index in [1.165, 1.54) is 90.1 Å².